The SMILES string of the molecule is COc1cc(Cl)c(C(Br)c2cccs2)cc1OC. The predicted octanol–water partition coefficient (Wildman–Crippen LogP) is 4.90. The topological polar surface area (TPSA) is 18.5 Å². The van der Waals surface area contributed by atoms with E-state index in [1.54, 1.807) is 31.6 Å². The normalized spacial score (nSPS) is 12.2. The van der Waals surface area contributed by atoms with Crippen molar-refractivity contribution in [2.75, 3.05) is 14.2 Å². The van der Waals surface area contributed by atoms with Gasteiger partial charge in [-0.3, -0.25) is 0 Å². The van der Waals surface area contributed by atoms with Crippen molar-refractivity contribution < 1.29 is 9.47 Å². The molecule has 0 saturated carbocycles. The predicted molar refractivity (Wildman–Crippen MR) is 79.6 cm³/mol. The van der Waals surface area contributed by atoms with Gasteiger partial charge < -0.3 is 9.47 Å². The lowest BCUT2D eigenvalue weighted by atomic mass is 10.1. The van der Waals surface area contributed by atoms with E-state index in [-0.39, 0.29) is 4.83 Å². The van der Waals surface area contributed by atoms with Crippen molar-refractivity contribution in [2.45, 2.75) is 4.83 Å². The molecule has 0 radical (unpaired) electrons. The van der Waals surface area contributed by atoms with Crippen LogP contribution in [-0.4, -0.2) is 14.2 Å². The lowest BCUT2D eigenvalue weighted by molar-refractivity contribution is 0.354. The summed E-state index contributed by atoms with van der Waals surface area (Å²) in [4.78, 5) is 1.26. The molecule has 1 unspecified atom stereocenters. The Labute approximate surface area is 124 Å². The Kier molecular flexibility index (Phi) is 4.54. The standard InChI is InChI=1S/C13H12BrClO2S/c1-16-10-6-8(9(15)7-11(10)17-2)13(14)12-4-3-5-18-12/h3-7,13H,1-2H3. The largest absolute Gasteiger partial charge is 0.493 e. The van der Waals surface area contributed by atoms with Crippen LogP contribution in [0.1, 0.15) is 15.3 Å². The van der Waals surface area contributed by atoms with E-state index >= 15 is 0 Å². The molecule has 5 heteroatoms. The smallest absolute Gasteiger partial charge is 0.162 e. The number of methoxy groups -OCH3 is 2. The summed E-state index contributed by atoms with van der Waals surface area (Å²) in [5.41, 5.74) is 0.969. The van der Waals surface area contributed by atoms with Gasteiger partial charge >= 0.3 is 0 Å². The Morgan fingerprint density at radius 1 is 1.22 bits per heavy atom. The fourth-order valence-electron chi connectivity index (χ4n) is 1.65. The lowest BCUT2D eigenvalue weighted by Crippen LogP contribution is -1.96. The van der Waals surface area contributed by atoms with Gasteiger partial charge in [-0.15, -0.1) is 11.3 Å². The molecule has 0 spiro atoms. The number of halogens is 2. The van der Waals surface area contributed by atoms with Gasteiger partial charge in [0.1, 0.15) is 0 Å². The van der Waals surface area contributed by atoms with Crippen molar-refractivity contribution in [3.8, 4) is 11.5 Å². The first-order valence-electron chi connectivity index (χ1n) is 5.26. The third kappa shape index (κ3) is 2.66. The molecule has 0 fully saturated rings. The van der Waals surface area contributed by atoms with E-state index in [4.69, 9.17) is 21.1 Å². The molecule has 0 aliphatic carbocycles. The maximum absolute atomic E-state index is 6.29. The molecule has 0 aliphatic heterocycles. The molecule has 2 nitrogen and oxygen atoms in total. The summed E-state index contributed by atoms with van der Waals surface area (Å²) in [6.45, 7) is 0. The number of benzene rings is 1. The van der Waals surface area contributed by atoms with E-state index < -0.39 is 0 Å². The van der Waals surface area contributed by atoms with Gasteiger partial charge in [0.25, 0.3) is 0 Å². The average Bonchev–Trinajstić information content (AvgIpc) is 2.91. The summed E-state index contributed by atoms with van der Waals surface area (Å²) in [7, 11) is 3.21. The summed E-state index contributed by atoms with van der Waals surface area (Å²) in [5, 5.41) is 2.70. The van der Waals surface area contributed by atoms with Crippen LogP contribution in [0.5, 0.6) is 11.5 Å². The molecule has 0 N–H and O–H groups in total. The summed E-state index contributed by atoms with van der Waals surface area (Å²) >= 11 is 11.6. The van der Waals surface area contributed by atoms with E-state index in [2.05, 4.69) is 22.0 Å². The molecule has 0 saturated heterocycles. The lowest BCUT2D eigenvalue weighted by Gasteiger charge is -2.14. The summed E-state index contributed by atoms with van der Waals surface area (Å²) in [6.07, 6.45) is 0. The molecule has 2 aromatic rings. The highest BCUT2D eigenvalue weighted by molar-refractivity contribution is 9.09. The second-order valence-corrected chi connectivity index (χ2v) is 5.91. The highest BCUT2D eigenvalue weighted by Gasteiger charge is 2.18. The van der Waals surface area contributed by atoms with Gasteiger partial charge in [0, 0.05) is 16.0 Å². The third-order valence-electron chi connectivity index (χ3n) is 2.57. The second-order valence-electron chi connectivity index (χ2n) is 3.61. The maximum atomic E-state index is 6.29. The summed E-state index contributed by atoms with van der Waals surface area (Å²) in [6, 6.07) is 7.76. The van der Waals surface area contributed by atoms with Crippen molar-refractivity contribution in [1.29, 1.82) is 0 Å². The van der Waals surface area contributed by atoms with Crippen molar-refractivity contribution in [3.63, 3.8) is 0 Å². The van der Waals surface area contributed by atoms with Crippen LogP contribution in [0.3, 0.4) is 0 Å². The Hall–Kier alpha value is -0.710. The van der Waals surface area contributed by atoms with Crippen LogP contribution in [0.25, 0.3) is 0 Å². The van der Waals surface area contributed by atoms with E-state index in [9.17, 15) is 0 Å². The van der Waals surface area contributed by atoms with Gasteiger partial charge in [-0.1, -0.05) is 33.6 Å². The van der Waals surface area contributed by atoms with E-state index in [1.807, 2.05) is 17.5 Å². The van der Waals surface area contributed by atoms with Crippen LogP contribution >= 0.6 is 38.9 Å². The first-order valence-corrected chi connectivity index (χ1v) is 7.43. The minimum absolute atomic E-state index is 0.0600. The zero-order valence-corrected chi connectivity index (χ0v) is 13.1. The second kappa shape index (κ2) is 5.95. The molecule has 1 atom stereocenters. The van der Waals surface area contributed by atoms with E-state index in [0.717, 1.165) is 5.56 Å². The zero-order chi connectivity index (χ0) is 13.1. The van der Waals surface area contributed by atoms with Crippen LogP contribution < -0.4 is 9.47 Å². The molecule has 0 bridgehead atoms. The number of alkyl halides is 1. The first-order chi connectivity index (χ1) is 8.67. The fraction of sp³-hybridized carbons (Fsp3) is 0.231. The highest BCUT2D eigenvalue weighted by atomic mass is 79.9. The first kappa shape index (κ1) is 13.7. The average molecular weight is 348 g/mol. The molecule has 0 aliphatic rings. The highest BCUT2D eigenvalue weighted by Crippen LogP contribution is 2.42. The van der Waals surface area contributed by atoms with Crippen molar-refractivity contribution in [3.05, 3.63) is 45.1 Å². The van der Waals surface area contributed by atoms with Gasteiger partial charge in [0.05, 0.1) is 19.0 Å². The van der Waals surface area contributed by atoms with Crippen molar-refractivity contribution in [1.82, 2.24) is 0 Å². The third-order valence-corrected chi connectivity index (χ3v) is 5.12. The number of hydrogen-bond acceptors (Lipinski definition) is 3. The van der Waals surface area contributed by atoms with Crippen LogP contribution in [0.2, 0.25) is 5.02 Å². The van der Waals surface area contributed by atoms with Gasteiger partial charge in [-0.25, -0.2) is 0 Å². The monoisotopic (exact) mass is 346 g/mol. The number of thiophene rings is 1. The molecule has 1 heterocycles. The Balaban J connectivity index is 2.45. The maximum Gasteiger partial charge on any atom is 0.162 e. The molecule has 0 amide bonds. The number of ether oxygens (including phenoxy) is 2. The Morgan fingerprint density at radius 3 is 2.44 bits per heavy atom. The number of hydrogen-bond donors (Lipinski definition) is 0. The summed E-state index contributed by atoms with van der Waals surface area (Å²) in [5.74, 6) is 1.31. The molecule has 1 aromatic heterocycles. The molecular formula is C13H12BrClO2S. The van der Waals surface area contributed by atoms with E-state index in [0.29, 0.717) is 16.5 Å². The summed E-state index contributed by atoms with van der Waals surface area (Å²) < 4.78 is 10.5. The van der Waals surface area contributed by atoms with Crippen LogP contribution in [0.4, 0.5) is 0 Å². The minimum Gasteiger partial charge on any atom is -0.493 e. The van der Waals surface area contributed by atoms with Crippen LogP contribution in [-0.2, 0) is 0 Å². The molecule has 18 heavy (non-hydrogen) atoms. The molecular weight excluding hydrogens is 336 g/mol. The quantitative estimate of drug-likeness (QED) is 0.732. The van der Waals surface area contributed by atoms with E-state index in [1.165, 1.54) is 4.88 Å². The Bertz CT molecular complexity index is 528. The van der Waals surface area contributed by atoms with Crippen molar-refractivity contribution in [2.24, 2.45) is 0 Å². The minimum atomic E-state index is 0.0600. The molecule has 1 aromatic carbocycles. The van der Waals surface area contributed by atoms with Gasteiger partial charge in [0.15, 0.2) is 11.5 Å². The zero-order valence-electron chi connectivity index (χ0n) is 9.94. The fourth-order valence-corrected chi connectivity index (χ4v) is 3.62. The van der Waals surface area contributed by atoms with Gasteiger partial charge in [-0.2, -0.15) is 0 Å². The Morgan fingerprint density at radius 2 is 1.89 bits per heavy atom. The van der Waals surface area contributed by atoms with Crippen LogP contribution in [0, 0.1) is 0 Å². The van der Waals surface area contributed by atoms with Gasteiger partial charge in [0.2, 0.25) is 0 Å². The molecule has 96 valence electrons. The van der Waals surface area contributed by atoms with Crippen molar-refractivity contribution >= 4 is 38.9 Å². The number of rotatable bonds is 4. The van der Waals surface area contributed by atoms with Gasteiger partial charge in [-0.05, 0) is 23.1 Å². The van der Waals surface area contributed by atoms with Crippen LogP contribution in [0.15, 0.2) is 29.6 Å². The molecule has 2 rings (SSSR count).